The van der Waals surface area contributed by atoms with Gasteiger partial charge in [-0.05, 0) is 54.3 Å². The highest BCUT2D eigenvalue weighted by molar-refractivity contribution is 7.89. The summed E-state index contributed by atoms with van der Waals surface area (Å²) < 4.78 is 26.9. The molecule has 2 rings (SSSR count). The molecular formula is C20H26N2O3S. The Morgan fingerprint density at radius 2 is 1.62 bits per heavy atom. The van der Waals surface area contributed by atoms with E-state index in [-0.39, 0.29) is 10.8 Å². The van der Waals surface area contributed by atoms with Gasteiger partial charge in [0.05, 0.1) is 4.90 Å². The SMILES string of the molecule is CCCCNS(=O)(=O)c1ccc(C(=O)Nc2ccc(C(C)C)cc2)cc1. The second-order valence-corrected chi connectivity index (χ2v) is 8.27. The van der Waals surface area contributed by atoms with Crippen molar-refractivity contribution >= 4 is 21.6 Å². The van der Waals surface area contributed by atoms with Gasteiger partial charge in [0.15, 0.2) is 0 Å². The molecule has 0 unspecified atom stereocenters. The van der Waals surface area contributed by atoms with Gasteiger partial charge in [-0.25, -0.2) is 13.1 Å². The van der Waals surface area contributed by atoms with Gasteiger partial charge in [-0.2, -0.15) is 0 Å². The van der Waals surface area contributed by atoms with Gasteiger partial charge in [0.1, 0.15) is 0 Å². The molecule has 0 heterocycles. The normalized spacial score (nSPS) is 11.5. The molecule has 2 aromatic carbocycles. The zero-order valence-electron chi connectivity index (χ0n) is 15.5. The molecule has 2 aromatic rings. The fraction of sp³-hybridized carbons (Fsp3) is 0.350. The largest absolute Gasteiger partial charge is 0.322 e. The van der Waals surface area contributed by atoms with Crippen LogP contribution in [0.3, 0.4) is 0 Å². The molecule has 2 N–H and O–H groups in total. The minimum atomic E-state index is -3.53. The van der Waals surface area contributed by atoms with E-state index in [1.54, 1.807) is 0 Å². The van der Waals surface area contributed by atoms with Crippen molar-refractivity contribution in [1.82, 2.24) is 4.72 Å². The van der Waals surface area contributed by atoms with Crippen LogP contribution in [-0.2, 0) is 10.0 Å². The molecule has 0 radical (unpaired) electrons. The number of rotatable bonds is 8. The lowest BCUT2D eigenvalue weighted by molar-refractivity contribution is 0.102. The summed E-state index contributed by atoms with van der Waals surface area (Å²) in [4.78, 5) is 12.5. The van der Waals surface area contributed by atoms with E-state index in [0.29, 0.717) is 23.7 Å². The van der Waals surface area contributed by atoms with E-state index in [0.717, 1.165) is 12.8 Å². The monoisotopic (exact) mass is 374 g/mol. The van der Waals surface area contributed by atoms with Crippen molar-refractivity contribution in [1.29, 1.82) is 0 Å². The smallest absolute Gasteiger partial charge is 0.255 e. The molecule has 0 atom stereocenters. The van der Waals surface area contributed by atoms with Crippen molar-refractivity contribution in [3.8, 4) is 0 Å². The van der Waals surface area contributed by atoms with Gasteiger partial charge in [-0.1, -0.05) is 39.3 Å². The molecule has 1 amide bonds. The van der Waals surface area contributed by atoms with Gasteiger partial charge in [0.2, 0.25) is 10.0 Å². The summed E-state index contributed by atoms with van der Waals surface area (Å²) in [5.41, 5.74) is 2.32. The van der Waals surface area contributed by atoms with Crippen molar-refractivity contribution in [3.63, 3.8) is 0 Å². The third-order valence-electron chi connectivity index (χ3n) is 4.08. The minimum absolute atomic E-state index is 0.159. The fourth-order valence-corrected chi connectivity index (χ4v) is 3.48. The molecular weight excluding hydrogens is 348 g/mol. The highest BCUT2D eigenvalue weighted by atomic mass is 32.2. The van der Waals surface area contributed by atoms with E-state index in [1.807, 2.05) is 31.2 Å². The molecule has 0 spiro atoms. The van der Waals surface area contributed by atoms with Crippen LogP contribution in [-0.4, -0.2) is 20.9 Å². The van der Waals surface area contributed by atoms with Crippen LogP contribution in [0.2, 0.25) is 0 Å². The first-order chi connectivity index (χ1) is 12.3. The van der Waals surface area contributed by atoms with Crippen LogP contribution in [0, 0.1) is 0 Å². The average Bonchev–Trinajstić information content (AvgIpc) is 2.62. The molecule has 5 nitrogen and oxygen atoms in total. The maximum atomic E-state index is 12.3. The van der Waals surface area contributed by atoms with Crippen molar-refractivity contribution in [2.75, 3.05) is 11.9 Å². The number of benzene rings is 2. The van der Waals surface area contributed by atoms with E-state index in [1.165, 1.54) is 29.8 Å². The Kier molecular flexibility index (Phi) is 6.94. The van der Waals surface area contributed by atoms with Crippen molar-refractivity contribution in [2.24, 2.45) is 0 Å². The zero-order chi connectivity index (χ0) is 19.2. The minimum Gasteiger partial charge on any atom is -0.322 e. The molecule has 0 aliphatic heterocycles. The summed E-state index contributed by atoms with van der Waals surface area (Å²) in [6, 6.07) is 13.6. The van der Waals surface area contributed by atoms with Crippen LogP contribution in [0.1, 0.15) is 55.5 Å². The van der Waals surface area contributed by atoms with Gasteiger partial charge in [0.25, 0.3) is 5.91 Å². The molecule has 0 aliphatic rings. The number of carbonyl (C=O) groups excluding carboxylic acids is 1. The van der Waals surface area contributed by atoms with E-state index in [2.05, 4.69) is 23.9 Å². The van der Waals surface area contributed by atoms with E-state index < -0.39 is 10.0 Å². The number of amides is 1. The molecule has 0 saturated carbocycles. The van der Waals surface area contributed by atoms with Crippen LogP contribution in [0.25, 0.3) is 0 Å². The Morgan fingerprint density at radius 3 is 2.15 bits per heavy atom. The first-order valence-electron chi connectivity index (χ1n) is 8.84. The summed E-state index contributed by atoms with van der Waals surface area (Å²) in [6.45, 7) is 6.63. The van der Waals surface area contributed by atoms with E-state index in [9.17, 15) is 13.2 Å². The lowest BCUT2D eigenvalue weighted by Crippen LogP contribution is -2.24. The van der Waals surface area contributed by atoms with Crippen LogP contribution in [0.4, 0.5) is 5.69 Å². The zero-order valence-corrected chi connectivity index (χ0v) is 16.3. The summed E-state index contributed by atoms with van der Waals surface area (Å²) in [6.07, 6.45) is 1.70. The van der Waals surface area contributed by atoms with E-state index in [4.69, 9.17) is 0 Å². The number of carbonyl (C=O) groups is 1. The number of sulfonamides is 1. The Morgan fingerprint density at radius 1 is 1.00 bits per heavy atom. The molecule has 140 valence electrons. The van der Waals surface area contributed by atoms with Crippen molar-refractivity contribution in [2.45, 2.75) is 44.4 Å². The van der Waals surface area contributed by atoms with Crippen molar-refractivity contribution in [3.05, 3.63) is 59.7 Å². The molecule has 26 heavy (non-hydrogen) atoms. The molecule has 0 saturated heterocycles. The van der Waals surface area contributed by atoms with Gasteiger partial charge in [-0.3, -0.25) is 4.79 Å². The van der Waals surface area contributed by atoms with Crippen LogP contribution in [0.5, 0.6) is 0 Å². The van der Waals surface area contributed by atoms with Crippen LogP contribution >= 0.6 is 0 Å². The first kappa shape index (κ1) is 20.1. The number of nitrogens with one attached hydrogen (secondary N) is 2. The molecule has 6 heteroatoms. The van der Waals surface area contributed by atoms with Crippen LogP contribution in [0.15, 0.2) is 53.4 Å². The molecule has 0 aliphatic carbocycles. The van der Waals surface area contributed by atoms with Crippen LogP contribution < -0.4 is 10.0 Å². The highest BCUT2D eigenvalue weighted by Gasteiger charge is 2.14. The van der Waals surface area contributed by atoms with Crippen molar-refractivity contribution < 1.29 is 13.2 Å². The first-order valence-corrected chi connectivity index (χ1v) is 10.3. The predicted molar refractivity (Wildman–Crippen MR) is 105 cm³/mol. The second-order valence-electron chi connectivity index (χ2n) is 6.51. The summed E-state index contributed by atoms with van der Waals surface area (Å²) in [5.74, 6) is 0.158. The Balaban J connectivity index is 2.04. The lowest BCUT2D eigenvalue weighted by Gasteiger charge is -2.09. The van der Waals surface area contributed by atoms with Gasteiger partial charge >= 0.3 is 0 Å². The number of anilines is 1. The number of unbranched alkanes of at least 4 members (excludes halogenated alkanes) is 1. The Hall–Kier alpha value is -2.18. The quantitative estimate of drug-likeness (QED) is 0.682. The van der Waals surface area contributed by atoms with Gasteiger partial charge in [0, 0.05) is 17.8 Å². The summed E-state index contributed by atoms with van der Waals surface area (Å²) >= 11 is 0. The Labute approximate surface area is 155 Å². The number of hydrogen-bond acceptors (Lipinski definition) is 3. The highest BCUT2D eigenvalue weighted by Crippen LogP contribution is 2.18. The average molecular weight is 375 g/mol. The summed E-state index contributed by atoms with van der Waals surface area (Å²) in [7, 11) is -3.53. The lowest BCUT2D eigenvalue weighted by atomic mass is 10.0. The summed E-state index contributed by atoms with van der Waals surface area (Å²) in [5, 5.41) is 2.82. The van der Waals surface area contributed by atoms with Gasteiger partial charge < -0.3 is 5.32 Å². The molecule has 0 aromatic heterocycles. The third kappa shape index (κ3) is 5.41. The standard InChI is InChI=1S/C20H26N2O3S/c1-4-5-14-21-26(24,25)19-12-8-17(9-13-19)20(23)22-18-10-6-16(7-11-18)15(2)3/h6-13,15,21H,4-5,14H2,1-3H3,(H,22,23). The molecule has 0 fully saturated rings. The fourth-order valence-electron chi connectivity index (χ4n) is 2.41. The van der Waals surface area contributed by atoms with E-state index >= 15 is 0 Å². The van der Waals surface area contributed by atoms with Gasteiger partial charge in [-0.15, -0.1) is 0 Å². The second kappa shape index (κ2) is 8.96. The topological polar surface area (TPSA) is 75.3 Å². The third-order valence-corrected chi connectivity index (χ3v) is 5.56. The predicted octanol–water partition coefficient (Wildman–Crippen LogP) is 4.14. The number of hydrogen-bond donors (Lipinski definition) is 2. The Bertz CT molecular complexity index is 826. The maximum absolute atomic E-state index is 12.3. The maximum Gasteiger partial charge on any atom is 0.255 e. The molecule has 0 bridgehead atoms.